The normalized spacial score (nSPS) is 14.2. The number of pyridine rings is 1. The summed E-state index contributed by atoms with van der Waals surface area (Å²) < 4.78 is 5.63. The van der Waals surface area contributed by atoms with Crippen LogP contribution in [0.25, 0.3) is 0 Å². The summed E-state index contributed by atoms with van der Waals surface area (Å²) in [4.78, 5) is 4.28. The maximum Gasteiger partial charge on any atom is 0.137 e. The van der Waals surface area contributed by atoms with Gasteiger partial charge in [-0.2, -0.15) is 0 Å². The first-order chi connectivity index (χ1) is 8.69. The molecular weight excluding hydrogens is 224 g/mol. The molecule has 1 heterocycles. The molecule has 0 aliphatic carbocycles. The lowest BCUT2D eigenvalue weighted by molar-refractivity contribution is 0.315. The van der Waals surface area contributed by atoms with Gasteiger partial charge in [-0.15, -0.1) is 0 Å². The van der Waals surface area contributed by atoms with Crippen LogP contribution in [0.1, 0.15) is 45.6 Å². The Balaban J connectivity index is 2.63. The molecule has 0 fully saturated rings. The fourth-order valence-electron chi connectivity index (χ4n) is 1.86. The van der Waals surface area contributed by atoms with Gasteiger partial charge in [0.15, 0.2) is 0 Å². The van der Waals surface area contributed by atoms with Crippen molar-refractivity contribution in [2.75, 3.05) is 19.7 Å². The van der Waals surface area contributed by atoms with E-state index < -0.39 is 0 Å². The molecule has 0 amide bonds. The lowest BCUT2D eigenvalue weighted by Crippen LogP contribution is -2.24. The number of hydrogen-bond donors (Lipinski definition) is 1. The molecule has 3 nitrogen and oxygen atoms in total. The van der Waals surface area contributed by atoms with E-state index in [-0.39, 0.29) is 0 Å². The van der Waals surface area contributed by atoms with E-state index in [1.54, 1.807) is 6.20 Å². The zero-order valence-corrected chi connectivity index (χ0v) is 12.1. The molecule has 0 spiro atoms. The lowest BCUT2D eigenvalue weighted by atomic mass is 9.90. The predicted octanol–water partition coefficient (Wildman–Crippen LogP) is 3.22. The van der Waals surface area contributed by atoms with Gasteiger partial charge in [0.1, 0.15) is 5.75 Å². The molecule has 1 N–H and O–H groups in total. The van der Waals surface area contributed by atoms with Crippen LogP contribution in [0.3, 0.4) is 0 Å². The van der Waals surface area contributed by atoms with Crippen molar-refractivity contribution in [1.29, 1.82) is 0 Å². The van der Waals surface area contributed by atoms with E-state index in [1.165, 1.54) is 5.56 Å². The third kappa shape index (κ3) is 4.65. The first-order valence-electron chi connectivity index (χ1n) is 6.97. The summed E-state index contributed by atoms with van der Waals surface area (Å²) in [5, 5.41) is 3.40. The maximum atomic E-state index is 5.63. The summed E-state index contributed by atoms with van der Waals surface area (Å²) in [6.07, 6.45) is 4.77. The molecule has 0 aliphatic heterocycles. The highest BCUT2D eigenvalue weighted by atomic mass is 16.5. The molecule has 1 rings (SSSR count). The number of ether oxygens (including phenoxy) is 1. The van der Waals surface area contributed by atoms with Crippen molar-refractivity contribution < 1.29 is 4.74 Å². The van der Waals surface area contributed by atoms with Crippen LogP contribution in [0, 0.1) is 5.92 Å². The molecule has 1 aromatic rings. The second-order valence-corrected chi connectivity index (χ2v) is 4.88. The summed E-state index contributed by atoms with van der Waals surface area (Å²) in [6, 6.07) is 2.12. The van der Waals surface area contributed by atoms with Crippen LogP contribution < -0.4 is 10.1 Å². The van der Waals surface area contributed by atoms with Gasteiger partial charge < -0.3 is 10.1 Å². The Kier molecular flexibility index (Phi) is 6.73. The first kappa shape index (κ1) is 15.0. The van der Waals surface area contributed by atoms with Gasteiger partial charge in [-0.25, -0.2) is 0 Å². The Bertz CT molecular complexity index is 341. The highest BCUT2D eigenvalue weighted by Gasteiger charge is 2.14. The van der Waals surface area contributed by atoms with Crippen molar-refractivity contribution in [3.05, 3.63) is 24.0 Å². The van der Waals surface area contributed by atoms with Gasteiger partial charge in [-0.3, -0.25) is 4.98 Å². The Morgan fingerprint density at radius 2 is 2.06 bits per heavy atom. The molecule has 2 atom stereocenters. The maximum absolute atomic E-state index is 5.63. The predicted molar refractivity (Wildman–Crippen MR) is 76.1 cm³/mol. The SMILES string of the molecule is CCCOc1cncc(C(C)C(C)CNCC)c1. The molecule has 0 saturated carbocycles. The van der Waals surface area contributed by atoms with Crippen molar-refractivity contribution in [3.8, 4) is 5.75 Å². The van der Waals surface area contributed by atoms with E-state index in [2.05, 4.69) is 44.1 Å². The standard InChI is InChI=1S/C15H26N2O/c1-5-7-18-15-8-14(10-17-11-15)13(4)12(3)9-16-6-2/h8,10-13,16H,5-7,9H2,1-4H3. The Morgan fingerprint density at radius 3 is 2.72 bits per heavy atom. The van der Waals surface area contributed by atoms with E-state index in [1.807, 2.05) is 6.20 Å². The molecule has 0 aliphatic rings. The molecular formula is C15H26N2O. The van der Waals surface area contributed by atoms with Gasteiger partial charge >= 0.3 is 0 Å². The third-order valence-corrected chi connectivity index (χ3v) is 3.30. The summed E-state index contributed by atoms with van der Waals surface area (Å²) in [5.41, 5.74) is 1.26. The highest BCUT2D eigenvalue weighted by Crippen LogP contribution is 2.25. The molecule has 18 heavy (non-hydrogen) atoms. The molecule has 1 aromatic heterocycles. The average molecular weight is 250 g/mol. The summed E-state index contributed by atoms with van der Waals surface area (Å²) in [7, 11) is 0. The molecule has 3 heteroatoms. The highest BCUT2D eigenvalue weighted by molar-refractivity contribution is 5.26. The second-order valence-electron chi connectivity index (χ2n) is 4.88. The van der Waals surface area contributed by atoms with Crippen LogP contribution in [0.4, 0.5) is 0 Å². The summed E-state index contributed by atoms with van der Waals surface area (Å²) in [6.45, 7) is 11.6. The summed E-state index contributed by atoms with van der Waals surface area (Å²) in [5.74, 6) is 1.96. The monoisotopic (exact) mass is 250 g/mol. The third-order valence-electron chi connectivity index (χ3n) is 3.30. The quantitative estimate of drug-likeness (QED) is 0.769. The number of nitrogens with one attached hydrogen (secondary N) is 1. The van der Waals surface area contributed by atoms with E-state index in [4.69, 9.17) is 4.74 Å². The zero-order chi connectivity index (χ0) is 13.4. The Morgan fingerprint density at radius 1 is 1.28 bits per heavy atom. The number of hydrogen-bond acceptors (Lipinski definition) is 3. The fraction of sp³-hybridized carbons (Fsp3) is 0.667. The van der Waals surface area contributed by atoms with Crippen LogP contribution in [0.15, 0.2) is 18.5 Å². The minimum atomic E-state index is 0.488. The topological polar surface area (TPSA) is 34.1 Å². The zero-order valence-electron chi connectivity index (χ0n) is 12.1. The smallest absolute Gasteiger partial charge is 0.137 e. The van der Waals surface area contributed by atoms with E-state index in [0.29, 0.717) is 11.8 Å². The molecule has 0 bridgehead atoms. The van der Waals surface area contributed by atoms with Crippen molar-refractivity contribution in [3.63, 3.8) is 0 Å². The second kappa shape index (κ2) is 8.09. The fourth-order valence-corrected chi connectivity index (χ4v) is 1.86. The minimum absolute atomic E-state index is 0.488. The van der Waals surface area contributed by atoms with Gasteiger partial charge in [-0.05, 0) is 43.0 Å². The minimum Gasteiger partial charge on any atom is -0.492 e. The molecule has 2 unspecified atom stereocenters. The van der Waals surface area contributed by atoms with Crippen LogP contribution in [0.2, 0.25) is 0 Å². The molecule has 0 radical (unpaired) electrons. The first-order valence-corrected chi connectivity index (χ1v) is 6.97. The lowest BCUT2D eigenvalue weighted by Gasteiger charge is -2.20. The van der Waals surface area contributed by atoms with Gasteiger partial charge in [-0.1, -0.05) is 27.7 Å². The number of rotatable bonds is 8. The van der Waals surface area contributed by atoms with Crippen molar-refractivity contribution in [2.45, 2.75) is 40.0 Å². The average Bonchev–Trinajstić information content (AvgIpc) is 2.42. The van der Waals surface area contributed by atoms with Crippen molar-refractivity contribution >= 4 is 0 Å². The van der Waals surface area contributed by atoms with Gasteiger partial charge in [0.2, 0.25) is 0 Å². The van der Waals surface area contributed by atoms with Crippen LogP contribution in [0.5, 0.6) is 5.75 Å². The molecule has 0 saturated heterocycles. The molecule has 0 aromatic carbocycles. The van der Waals surface area contributed by atoms with Crippen LogP contribution >= 0.6 is 0 Å². The molecule has 102 valence electrons. The largest absolute Gasteiger partial charge is 0.492 e. The van der Waals surface area contributed by atoms with E-state index >= 15 is 0 Å². The van der Waals surface area contributed by atoms with E-state index in [9.17, 15) is 0 Å². The van der Waals surface area contributed by atoms with Crippen LogP contribution in [-0.4, -0.2) is 24.7 Å². The van der Waals surface area contributed by atoms with Crippen molar-refractivity contribution in [2.24, 2.45) is 5.92 Å². The Hall–Kier alpha value is -1.09. The van der Waals surface area contributed by atoms with E-state index in [0.717, 1.165) is 31.9 Å². The number of aromatic nitrogens is 1. The summed E-state index contributed by atoms with van der Waals surface area (Å²) >= 11 is 0. The number of nitrogens with zero attached hydrogens (tertiary/aromatic N) is 1. The Labute approximate surface area is 111 Å². The van der Waals surface area contributed by atoms with Crippen LogP contribution in [-0.2, 0) is 0 Å². The van der Waals surface area contributed by atoms with Gasteiger partial charge in [0.25, 0.3) is 0 Å². The van der Waals surface area contributed by atoms with Crippen molar-refractivity contribution in [1.82, 2.24) is 10.3 Å². The van der Waals surface area contributed by atoms with Gasteiger partial charge in [0.05, 0.1) is 12.8 Å². The van der Waals surface area contributed by atoms with Gasteiger partial charge in [0, 0.05) is 6.20 Å².